The second-order valence-corrected chi connectivity index (χ2v) is 4.67. The summed E-state index contributed by atoms with van der Waals surface area (Å²) in [5.41, 5.74) is 0.703. The summed E-state index contributed by atoms with van der Waals surface area (Å²) in [5, 5.41) is 19.7. The van der Waals surface area contributed by atoms with Crippen LogP contribution in [0.4, 0.5) is 11.4 Å². The molecule has 18 heavy (non-hydrogen) atoms. The molecule has 0 saturated heterocycles. The van der Waals surface area contributed by atoms with Crippen LogP contribution in [-0.4, -0.2) is 18.0 Å². The van der Waals surface area contributed by atoms with Crippen molar-refractivity contribution < 1.29 is 4.92 Å². The van der Waals surface area contributed by atoms with Crippen molar-refractivity contribution >= 4 is 11.4 Å². The van der Waals surface area contributed by atoms with Crippen molar-refractivity contribution in [1.82, 2.24) is 0 Å². The topological polar surface area (TPSA) is 70.2 Å². The highest BCUT2D eigenvalue weighted by atomic mass is 16.6. The fourth-order valence-corrected chi connectivity index (χ4v) is 1.67. The van der Waals surface area contributed by atoms with Gasteiger partial charge in [-0.05, 0) is 25.0 Å². The van der Waals surface area contributed by atoms with E-state index >= 15 is 0 Å². The summed E-state index contributed by atoms with van der Waals surface area (Å²) in [6.45, 7) is 6.26. The third-order valence-corrected chi connectivity index (χ3v) is 3.28. The number of rotatable bonds is 4. The molecular weight excluding hydrogens is 230 g/mol. The Hall–Kier alpha value is -2.09. The van der Waals surface area contributed by atoms with E-state index in [2.05, 4.69) is 20.8 Å². The number of benzene rings is 1. The lowest BCUT2D eigenvalue weighted by Gasteiger charge is -2.29. The number of hydrogen-bond acceptors (Lipinski definition) is 4. The maximum atomic E-state index is 10.9. The Bertz CT molecular complexity index is 491. The molecule has 0 saturated carbocycles. The molecule has 0 radical (unpaired) electrons. The van der Waals surface area contributed by atoms with Crippen LogP contribution in [0.3, 0.4) is 0 Å². The Balaban J connectivity index is 3.17. The molecule has 1 aromatic carbocycles. The summed E-state index contributed by atoms with van der Waals surface area (Å²) in [6, 6.07) is 6.79. The van der Waals surface area contributed by atoms with Crippen molar-refractivity contribution in [2.24, 2.45) is 5.92 Å². The first-order chi connectivity index (χ1) is 8.38. The van der Waals surface area contributed by atoms with Crippen LogP contribution < -0.4 is 4.90 Å². The summed E-state index contributed by atoms with van der Waals surface area (Å²) < 4.78 is 0. The lowest BCUT2D eigenvalue weighted by molar-refractivity contribution is -0.385. The van der Waals surface area contributed by atoms with Crippen LogP contribution in [0.25, 0.3) is 0 Å². The highest BCUT2D eigenvalue weighted by molar-refractivity contribution is 5.60. The van der Waals surface area contributed by atoms with Crippen LogP contribution in [-0.2, 0) is 0 Å². The zero-order valence-corrected chi connectivity index (χ0v) is 11.0. The van der Waals surface area contributed by atoms with Gasteiger partial charge in [0.1, 0.15) is 11.6 Å². The molecule has 0 heterocycles. The number of anilines is 1. The number of hydrogen-bond donors (Lipinski definition) is 0. The van der Waals surface area contributed by atoms with Crippen LogP contribution >= 0.6 is 0 Å². The monoisotopic (exact) mass is 247 g/mol. The van der Waals surface area contributed by atoms with Crippen molar-refractivity contribution in [2.75, 3.05) is 11.9 Å². The molecule has 0 aromatic heterocycles. The predicted molar refractivity (Wildman–Crippen MR) is 70.5 cm³/mol. The maximum Gasteiger partial charge on any atom is 0.289 e. The Morgan fingerprint density at radius 2 is 2.00 bits per heavy atom. The molecule has 1 aromatic rings. The third-order valence-electron chi connectivity index (χ3n) is 3.28. The molecule has 0 aliphatic rings. The van der Waals surface area contributed by atoms with Crippen molar-refractivity contribution in [1.29, 1.82) is 5.26 Å². The molecule has 0 aliphatic heterocycles. The molecular formula is C13H17N3O2. The molecule has 1 atom stereocenters. The van der Waals surface area contributed by atoms with Gasteiger partial charge in [-0.3, -0.25) is 10.1 Å². The van der Waals surface area contributed by atoms with E-state index < -0.39 is 4.92 Å². The van der Waals surface area contributed by atoms with Gasteiger partial charge in [0, 0.05) is 24.8 Å². The van der Waals surface area contributed by atoms with Gasteiger partial charge in [-0.15, -0.1) is 0 Å². The summed E-state index contributed by atoms with van der Waals surface area (Å²) in [7, 11) is 1.90. The SMILES string of the molecule is CC(C)C(C)N(C)c1ccc(C#N)c([N+](=O)[O-])c1. The van der Waals surface area contributed by atoms with Gasteiger partial charge in [0.2, 0.25) is 0 Å². The molecule has 0 aliphatic carbocycles. The molecule has 0 N–H and O–H groups in total. The largest absolute Gasteiger partial charge is 0.371 e. The van der Waals surface area contributed by atoms with E-state index in [-0.39, 0.29) is 17.3 Å². The van der Waals surface area contributed by atoms with E-state index in [0.29, 0.717) is 5.92 Å². The van der Waals surface area contributed by atoms with Crippen LogP contribution in [0.1, 0.15) is 26.3 Å². The van der Waals surface area contributed by atoms with Gasteiger partial charge in [-0.25, -0.2) is 0 Å². The average molecular weight is 247 g/mol. The summed E-state index contributed by atoms with van der Waals surface area (Å²) >= 11 is 0. The van der Waals surface area contributed by atoms with E-state index in [1.54, 1.807) is 6.07 Å². The van der Waals surface area contributed by atoms with Gasteiger partial charge in [0.25, 0.3) is 5.69 Å². The number of nitriles is 1. The van der Waals surface area contributed by atoms with Gasteiger partial charge < -0.3 is 4.90 Å². The minimum atomic E-state index is -0.518. The molecule has 1 rings (SSSR count). The van der Waals surface area contributed by atoms with E-state index in [1.165, 1.54) is 12.1 Å². The standard InChI is InChI=1S/C13H17N3O2/c1-9(2)10(3)15(4)12-6-5-11(8-14)13(7-12)16(17)18/h5-7,9-10H,1-4H3. The van der Waals surface area contributed by atoms with E-state index in [9.17, 15) is 10.1 Å². The summed E-state index contributed by atoms with van der Waals surface area (Å²) in [5.74, 6) is 0.435. The lowest BCUT2D eigenvalue weighted by Crippen LogP contribution is -2.33. The van der Waals surface area contributed by atoms with Crippen LogP contribution in [0.15, 0.2) is 18.2 Å². The molecule has 1 unspecified atom stereocenters. The summed E-state index contributed by atoms with van der Waals surface area (Å²) in [4.78, 5) is 12.4. The average Bonchev–Trinajstić information content (AvgIpc) is 2.35. The van der Waals surface area contributed by atoms with E-state index in [0.717, 1.165) is 5.69 Å². The molecule has 96 valence electrons. The second kappa shape index (κ2) is 5.50. The van der Waals surface area contributed by atoms with Gasteiger partial charge >= 0.3 is 0 Å². The second-order valence-electron chi connectivity index (χ2n) is 4.67. The normalized spacial score (nSPS) is 12.0. The van der Waals surface area contributed by atoms with Crippen LogP contribution in [0.2, 0.25) is 0 Å². The van der Waals surface area contributed by atoms with Crippen LogP contribution in [0.5, 0.6) is 0 Å². The minimum absolute atomic E-state index is 0.0920. The van der Waals surface area contributed by atoms with Crippen molar-refractivity contribution in [3.05, 3.63) is 33.9 Å². The molecule has 0 amide bonds. The van der Waals surface area contributed by atoms with E-state index in [1.807, 2.05) is 18.0 Å². The molecule has 0 spiro atoms. The quantitative estimate of drug-likeness (QED) is 0.605. The zero-order valence-electron chi connectivity index (χ0n) is 11.0. The molecule has 5 nitrogen and oxygen atoms in total. The maximum absolute atomic E-state index is 10.9. The minimum Gasteiger partial charge on any atom is -0.371 e. The van der Waals surface area contributed by atoms with Gasteiger partial charge in [-0.2, -0.15) is 5.26 Å². The Kier molecular flexibility index (Phi) is 4.27. The van der Waals surface area contributed by atoms with Gasteiger partial charge in [0.05, 0.1) is 4.92 Å². The fourth-order valence-electron chi connectivity index (χ4n) is 1.67. The predicted octanol–water partition coefficient (Wildman–Crippen LogP) is 2.95. The molecule has 5 heteroatoms. The van der Waals surface area contributed by atoms with Crippen molar-refractivity contribution in [3.63, 3.8) is 0 Å². The number of nitro groups is 1. The highest BCUT2D eigenvalue weighted by Gasteiger charge is 2.19. The first-order valence-corrected chi connectivity index (χ1v) is 5.79. The molecule has 0 bridgehead atoms. The Morgan fingerprint density at radius 3 is 2.44 bits per heavy atom. The van der Waals surface area contributed by atoms with Gasteiger partial charge in [0.15, 0.2) is 0 Å². The highest BCUT2D eigenvalue weighted by Crippen LogP contribution is 2.26. The summed E-state index contributed by atoms with van der Waals surface area (Å²) in [6.07, 6.45) is 0. The Morgan fingerprint density at radius 1 is 1.39 bits per heavy atom. The van der Waals surface area contributed by atoms with E-state index in [4.69, 9.17) is 5.26 Å². The fraction of sp³-hybridized carbons (Fsp3) is 0.462. The smallest absolute Gasteiger partial charge is 0.289 e. The number of nitro benzene ring substituents is 1. The third kappa shape index (κ3) is 2.77. The first kappa shape index (κ1) is 14.0. The lowest BCUT2D eigenvalue weighted by atomic mass is 10.0. The first-order valence-electron chi connectivity index (χ1n) is 5.79. The van der Waals surface area contributed by atoms with Crippen molar-refractivity contribution in [3.8, 4) is 6.07 Å². The Labute approximate surface area is 107 Å². The van der Waals surface area contributed by atoms with Gasteiger partial charge in [-0.1, -0.05) is 13.8 Å². The number of nitrogens with zero attached hydrogens (tertiary/aromatic N) is 3. The van der Waals surface area contributed by atoms with Crippen LogP contribution in [0, 0.1) is 27.4 Å². The molecule has 0 fully saturated rings. The van der Waals surface area contributed by atoms with Crippen molar-refractivity contribution in [2.45, 2.75) is 26.8 Å². The zero-order chi connectivity index (χ0) is 13.9.